The molecule has 1 aromatic heterocycles. The van der Waals surface area contributed by atoms with Crippen molar-refractivity contribution in [3.05, 3.63) is 24.0 Å². The maximum atomic E-state index is 13.1. The number of rotatable bonds is 3. The van der Waals surface area contributed by atoms with E-state index in [0.717, 1.165) is 58.0 Å². The molecule has 0 bridgehead atoms. The molecule has 0 spiro atoms. The van der Waals surface area contributed by atoms with Crippen LogP contribution in [0.1, 0.15) is 36.7 Å². The van der Waals surface area contributed by atoms with Gasteiger partial charge in [-0.3, -0.25) is 14.7 Å². The van der Waals surface area contributed by atoms with Crippen molar-refractivity contribution >= 4 is 11.6 Å². The Morgan fingerprint density at radius 2 is 1.92 bits per heavy atom. The third kappa shape index (κ3) is 3.37. The van der Waals surface area contributed by atoms with Gasteiger partial charge >= 0.3 is 0 Å². The summed E-state index contributed by atoms with van der Waals surface area (Å²) in [6.45, 7) is 8.70. The molecule has 136 valence electrons. The van der Waals surface area contributed by atoms with Gasteiger partial charge < -0.3 is 14.5 Å². The second-order valence-electron chi connectivity index (χ2n) is 7.34. The van der Waals surface area contributed by atoms with E-state index in [9.17, 15) is 4.79 Å². The number of anilines is 1. The van der Waals surface area contributed by atoms with Crippen LogP contribution in [-0.4, -0.2) is 78.7 Å². The molecule has 0 N–H and O–H groups in total. The zero-order chi connectivity index (χ0) is 17.2. The molecule has 3 fully saturated rings. The first kappa shape index (κ1) is 16.8. The monoisotopic (exact) mass is 344 g/mol. The summed E-state index contributed by atoms with van der Waals surface area (Å²) >= 11 is 0. The minimum Gasteiger partial charge on any atom is -0.379 e. The van der Waals surface area contributed by atoms with E-state index in [-0.39, 0.29) is 11.9 Å². The molecule has 3 aliphatic heterocycles. The number of likely N-dealkylation sites (tertiary alicyclic amines) is 1. The van der Waals surface area contributed by atoms with Gasteiger partial charge in [0.15, 0.2) is 0 Å². The summed E-state index contributed by atoms with van der Waals surface area (Å²) in [5.41, 5.74) is 1.71. The minimum atomic E-state index is 0.0734. The van der Waals surface area contributed by atoms with Crippen LogP contribution in [0.4, 0.5) is 5.69 Å². The summed E-state index contributed by atoms with van der Waals surface area (Å²) in [7, 11) is 0. The average Bonchev–Trinajstić information content (AvgIpc) is 3.32. The van der Waals surface area contributed by atoms with E-state index in [2.05, 4.69) is 21.7 Å². The Kier molecular flexibility index (Phi) is 4.90. The standard InChI is InChI=1S/C19H28N4O2/c1-15-18(22-10-12-25-13-11-22)5-9-23(15)19(24)17-14-16(4-6-20-17)21-7-2-3-8-21/h4,6,14-15,18H,2-3,5,7-13H2,1H3/t15-,18-/m1/s1. The van der Waals surface area contributed by atoms with E-state index >= 15 is 0 Å². The first-order valence-corrected chi connectivity index (χ1v) is 9.58. The Morgan fingerprint density at radius 1 is 1.16 bits per heavy atom. The quantitative estimate of drug-likeness (QED) is 0.834. The Morgan fingerprint density at radius 3 is 2.68 bits per heavy atom. The number of pyridine rings is 1. The van der Waals surface area contributed by atoms with Crippen LogP contribution < -0.4 is 4.90 Å². The second kappa shape index (κ2) is 7.30. The van der Waals surface area contributed by atoms with E-state index in [1.54, 1.807) is 6.20 Å². The molecule has 1 aromatic rings. The summed E-state index contributed by atoms with van der Waals surface area (Å²) in [6, 6.07) is 4.66. The van der Waals surface area contributed by atoms with Gasteiger partial charge in [-0.1, -0.05) is 0 Å². The van der Waals surface area contributed by atoms with Crippen molar-refractivity contribution in [1.29, 1.82) is 0 Å². The lowest BCUT2D eigenvalue weighted by atomic mass is 10.1. The lowest BCUT2D eigenvalue weighted by Gasteiger charge is -2.35. The molecule has 1 amide bonds. The molecular weight excluding hydrogens is 316 g/mol. The van der Waals surface area contributed by atoms with E-state index in [0.29, 0.717) is 11.7 Å². The van der Waals surface area contributed by atoms with Gasteiger partial charge in [0.2, 0.25) is 0 Å². The van der Waals surface area contributed by atoms with E-state index in [1.807, 2.05) is 17.0 Å². The number of carbonyl (C=O) groups is 1. The highest BCUT2D eigenvalue weighted by molar-refractivity contribution is 5.93. The molecule has 0 radical (unpaired) electrons. The van der Waals surface area contributed by atoms with Crippen LogP contribution in [0.15, 0.2) is 18.3 Å². The van der Waals surface area contributed by atoms with Crippen molar-refractivity contribution in [3.63, 3.8) is 0 Å². The molecule has 6 nitrogen and oxygen atoms in total. The zero-order valence-corrected chi connectivity index (χ0v) is 15.1. The van der Waals surface area contributed by atoms with Gasteiger partial charge in [-0.15, -0.1) is 0 Å². The van der Waals surface area contributed by atoms with Crippen LogP contribution in [0.2, 0.25) is 0 Å². The maximum absolute atomic E-state index is 13.1. The van der Waals surface area contributed by atoms with Gasteiger partial charge in [-0.2, -0.15) is 0 Å². The molecule has 0 aromatic carbocycles. The molecule has 0 aliphatic carbocycles. The molecule has 3 saturated heterocycles. The number of morpholine rings is 1. The number of hydrogen-bond donors (Lipinski definition) is 0. The van der Waals surface area contributed by atoms with Crippen LogP contribution in [0, 0.1) is 0 Å². The van der Waals surface area contributed by atoms with Crippen molar-refractivity contribution in [3.8, 4) is 0 Å². The lowest BCUT2D eigenvalue weighted by molar-refractivity contribution is 0.0104. The molecule has 25 heavy (non-hydrogen) atoms. The van der Waals surface area contributed by atoms with Gasteiger partial charge in [-0.05, 0) is 38.3 Å². The molecule has 4 rings (SSSR count). The summed E-state index contributed by atoms with van der Waals surface area (Å²) in [6.07, 6.45) is 5.28. The lowest BCUT2D eigenvalue weighted by Crippen LogP contribution is -2.49. The molecule has 3 aliphatic rings. The topological polar surface area (TPSA) is 48.9 Å². The van der Waals surface area contributed by atoms with E-state index in [4.69, 9.17) is 4.74 Å². The number of ether oxygens (including phenoxy) is 1. The van der Waals surface area contributed by atoms with Gasteiger partial charge in [0, 0.05) is 56.7 Å². The second-order valence-corrected chi connectivity index (χ2v) is 7.34. The Balaban J connectivity index is 1.46. The molecule has 6 heteroatoms. The number of aromatic nitrogens is 1. The van der Waals surface area contributed by atoms with Crippen molar-refractivity contribution in [2.75, 3.05) is 50.8 Å². The predicted octanol–water partition coefficient (Wildman–Crippen LogP) is 1.62. The summed E-state index contributed by atoms with van der Waals surface area (Å²) < 4.78 is 5.46. The normalized spacial score (nSPS) is 27.9. The Hall–Kier alpha value is -1.66. The molecule has 4 heterocycles. The molecule has 2 atom stereocenters. The van der Waals surface area contributed by atoms with Crippen LogP contribution in [0.3, 0.4) is 0 Å². The minimum absolute atomic E-state index is 0.0734. The highest BCUT2D eigenvalue weighted by atomic mass is 16.5. The van der Waals surface area contributed by atoms with Crippen LogP contribution in [0.25, 0.3) is 0 Å². The number of nitrogens with zero attached hydrogens (tertiary/aromatic N) is 4. The van der Waals surface area contributed by atoms with Crippen molar-refractivity contribution in [2.45, 2.75) is 38.3 Å². The fourth-order valence-electron chi connectivity index (χ4n) is 4.46. The first-order valence-electron chi connectivity index (χ1n) is 9.58. The molecule has 0 unspecified atom stereocenters. The Labute approximate surface area is 149 Å². The fourth-order valence-corrected chi connectivity index (χ4v) is 4.46. The van der Waals surface area contributed by atoms with Crippen molar-refractivity contribution in [1.82, 2.24) is 14.8 Å². The largest absolute Gasteiger partial charge is 0.379 e. The number of amides is 1. The highest BCUT2D eigenvalue weighted by Crippen LogP contribution is 2.26. The van der Waals surface area contributed by atoms with Gasteiger partial charge in [0.05, 0.1) is 13.2 Å². The smallest absolute Gasteiger partial charge is 0.272 e. The summed E-state index contributed by atoms with van der Waals surface area (Å²) in [4.78, 5) is 24.3. The highest BCUT2D eigenvalue weighted by Gasteiger charge is 2.38. The van der Waals surface area contributed by atoms with Gasteiger partial charge in [0.25, 0.3) is 5.91 Å². The van der Waals surface area contributed by atoms with Crippen molar-refractivity contribution < 1.29 is 9.53 Å². The Bertz CT molecular complexity index is 611. The van der Waals surface area contributed by atoms with E-state index in [1.165, 1.54) is 12.8 Å². The first-order chi connectivity index (χ1) is 12.2. The maximum Gasteiger partial charge on any atom is 0.272 e. The summed E-state index contributed by atoms with van der Waals surface area (Å²) in [5, 5.41) is 0. The third-order valence-electron chi connectivity index (χ3n) is 5.92. The van der Waals surface area contributed by atoms with Crippen LogP contribution in [0.5, 0.6) is 0 Å². The predicted molar refractivity (Wildman–Crippen MR) is 97.0 cm³/mol. The number of hydrogen-bond acceptors (Lipinski definition) is 5. The van der Waals surface area contributed by atoms with Gasteiger partial charge in [-0.25, -0.2) is 0 Å². The average molecular weight is 344 g/mol. The number of carbonyl (C=O) groups excluding carboxylic acids is 1. The fraction of sp³-hybridized carbons (Fsp3) is 0.684. The van der Waals surface area contributed by atoms with E-state index < -0.39 is 0 Å². The summed E-state index contributed by atoms with van der Waals surface area (Å²) in [5.74, 6) is 0.0734. The van der Waals surface area contributed by atoms with Crippen LogP contribution >= 0.6 is 0 Å². The molecule has 0 saturated carbocycles. The van der Waals surface area contributed by atoms with Gasteiger partial charge in [0.1, 0.15) is 5.69 Å². The van der Waals surface area contributed by atoms with Crippen LogP contribution in [-0.2, 0) is 4.74 Å². The van der Waals surface area contributed by atoms with Crippen molar-refractivity contribution in [2.24, 2.45) is 0 Å². The third-order valence-corrected chi connectivity index (χ3v) is 5.92. The SMILES string of the molecule is C[C@@H]1[C@H](N2CCOCC2)CCN1C(=O)c1cc(N2CCCC2)ccn1. The zero-order valence-electron chi connectivity index (χ0n) is 15.1. The molecular formula is C19H28N4O2.